The van der Waals surface area contributed by atoms with Crippen molar-refractivity contribution in [3.05, 3.63) is 74.4 Å². The van der Waals surface area contributed by atoms with Crippen molar-refractivity contribution in [2.75, 3.05) is 0 Å². The van der Waals surface area contributed by atoms with Gasteiger partial charge in [0.05, 0.1) is 16.3 Å². The molecule has 138 valence electrons. The lowest BCUT2D eigenvalue weighted by Crippen LogP contribution is -2.20. The summed E-state index contributed by atoms with van der Waals surface area (Å²) in [6, 6.07) is 15.4. The molecule has 0 amide bonds. The summed E-state index contributed by atoms with van der Waals surface area (Å²) in [4.78, 5) is 16.7. The normalized spacial score (nSPS) is 15.4. The first-order valence-electron chi connectivity index (χ1n) is 9.19. The van der Waals surface area contributed by atoms with E-state index in [2.05, 4.69) is 22.9 Å². The Morgan fingerprint density at radius 3 is 2.67 bits per heavy atom. The minimum Gasteiger partial charge on any atom is -0.313 e. The fraction of sp³-hybridized carbons (Fsp3) is 0.286. The molecule has 0 saturated heterocycles. The summed E-state index contributed by atoms with van der Waals surface area (Å²) in [6.45, 7) is 2.06. The van der Waals surface area contributed by atoms with Crippen LogP contribution in [0.25, 0.3) is 11.3 Å². The molecule has 5 nitrogen and oxygen atoms in total. The fourth-order valence-electron chi connectivity index (χ4n) is 3.70. The van der Waals surface area contributed by atoms with Gasteiger partial charge in [-0.15, -0.1) is 11.3 Å². The van der Waals surface area contributed by atoms with Crippen molar-refractivity contribution >= 4 is 22.7 Å². The number of aromatic nitrogens is 1. The molecule has 0 N–H and O–H groups in total. The maximum Gasteiger partial charge on any atom is 0.270 e. The van der Waals surface area contributed by atoms with Crippen LogP contribution >= 0.6 is 11.3 Å². The van der Waals surface area contributed by atoms with E-state index >= 15 is 0 Å². The predicted octanol–water partition coefficient (Wildman–Crippen LogP) is 5.78. The first-order chi connectivity index (χ1) is 13.1. The number of hydrogen-bond acceptors (Lipinski definition) is 4. The highest BCUT2D eigenvalue weighted by molar-refractivity contribution is 7.07. The number of aryl methyl sites for hydroxylation is 1. The summed E-state index contributed by atoms with van der Waals surface area (Å²) in [5.41, 5.74) is 4.12. The monoisotopic (exact) mass is 379 g/mol. The van der Waals surface area contributed by atoms with Crippen molar-refractivity contribution in [1.82, 2.24) is 4.57 Å². The minimum absolute atomic E-state index is 0.120. The molecule has 1 aliphatic rings. The van der Waals surface area contributed by atoms with E-state index in [1.165, 1.54) is 18.9 Å². The van der Waals surface area contributed by atoms with Crippen LogP contribution in [0.1, 0.15) is 37.3 Å². The maximum atomic E-state index is 11.2. The average molecular weight is 379 g/mol. The van der Waals surface area contributed by atoms with Gasteiger partial charge in [0.2, 0.25) is 0 Å². The number of hydrogen-bond donors (Lipinski definition) is 0. The van der Waals surface area contributed by atoms with E-state index in [9.17, 15) is 10.1 Å². The highest BCUT2D eigenvalue weighted by Crippen LogP contribution is 2.34. The van der Waals surface area contributed by atoms with Gasteiger partial charge in [-0.25, -0.2) is 4.99 Å². The lowest BCUT2D eigenvalue weighted by molar-refractivity contribution is -0.384. The van der Waals surface area contributed by atoms with Crippen LogP contribution in [-0.2, 0) is 0 Å². The molecule has 2 aromatic carbocycles. The standard InChI is InChI=1S/C21H21N3O2S/c1-15-7-2-5-12-19(15)22-21-23(17-9-3-4-10-17)20(14-27-21)16-8-6-11-18(13-16)24(25)26/h2,5-8,11-14,17H,3-4,9-10H2,1H3. The Morgan fingerprint density at radius 1 is 1.15 bits per heavy atom. The quantitative estimate of drug-likeness (QED) is 0.426. The Morgan fingerprint density at radius 2 is 1.93 bits per heavy atom. The van der Waals surface area contributed by atoms with Crippen molar-refractivity contribution in [2.24, 2.45) is 4.99 Å². The Bertz CT molecular complexity index is 1050. The lowest BCUT2D eigenvalue weighted by Gasteiger charge is -2.16. The van der Waals surface area contributed by atoms with Gasteiger partial charge in [0.25, 0.3) is 5.69 Å². The van der Waals surface area contributed by atoms with Crippen molar-refractivity contribution in [3.8, 4) is 11.3 Å². The Labute approximate surface area is 161 Å². The maximum absolute atomic E-state index is 11.2. The molecule has 0 unspecified atom stereocenters. The lowest BCUT2D eigenvalue weighted by atomic mass is 10.1. The molecule has 27 heavy (non-hydrogen) atoms. The second kappa shape index (κ2) is 7.48. The Hall–Kier alpha value is -2.73. The number of non-ortho nitro benzene ring substituents is 1. The molecule has 1 heterocycles. The van der Waals surface area contributed by atoms with Crippen molar-refractivity contribution in [3.63, 3.8) is 0 Å². The third-order valence-corrected chi connectivity index (χ3v) is 5.96. The molecule has 0 atom stereocenters. The van der Waals surface area contributed by atoms with Crippen molar-refractivity contribution in [2.45, 2.75) is 38.6 Å². The molecule has 1 aliphatic carbocycles. The van der Waals surface area contributed by atoms with Crippen LogP contribution in [-0.4, -0.2) is 9.49 Å². The SMILES string of the molecule is Cc1ccccc1N=c1scc(-c2cccc([N+](=O)[O-])c2)n1C1CCCC1. The molecular weight excluding hydrogens is 358 g/mol. The second-order valence-electron chi connectivity index (χ2n) is 6.92. The van der Waals surface area contributed by atoms with E-state index in [0.717, 1.165) is 40.2 Å². The first-order valence-corrected chi connectivity index (χ1v) is 10.1. The number of rotatable bonds is 4. The van der Waals surface area contributed by atoms with Gasteiger partial charge >= 0.3 is 0 Å². The van der Waals surface area contributed by atoms with E-state index in [-0.39, 0.29) is 10.6 Å². The van der Waals surface area contributed by atoms with Gasteiger partial charge in [-0.3, -0.25) is 10.1 Å². The predicted molar refractivity (Wildman–Crippen MR) is 108 cm³/mol. The topological polar surface area (TPSA) is 60.4 Å². The van der Waals surface area contributed by atoms with Crippen LogP contribution in [0.3, 0.4) is 0 Å². The van der Waals surface area contributed by atoms with Gasteiger partial charge in [0.1, 0.15) is 0 Å². The number of thiazole rings is 1. The van der Waals surface area contributed by atoms with Crippen LogP contribution < -0.4 is 4.80 Å². The fourth-order valence-corrected chi connectivity index (χ4v) is 4.68. The number of nitro groups is 1. The summed E-state index contributed by atoms with van der Waals surface area (Å²) in [5, 5.41) is 13.3. The van der Waals surface area contributed by atoms with Gasteiger partial charge in [0, 0.05) is 29.1 Å². The molecule has 1 aromatic heterocycles. The number of nitrogens with zero attached hydrogens (tertiary/aromatic N) is 3. The van der Waals surface area contributed by atoms with E-state index in [0.29, 0.717) is 6.04 Å². The smallest absolute Gasteiger partial charge is 0.270 e. The highest BCUT2D eigenvalue weighted by Gasteiger charge is 2.22. The number of benzene rings is 2. The third-order valence-electron chi connectivity index (χ3n) is 5.12. The highest BCUT2D eigenvalue weighted by atomic mass is 32.1. The van der Waals surface area contributed by atoms with Gasteiger partial charge in [0.15, 0.2) is 4.80 Å². The third kappa shape index (κ3) is 3.57. The number of nitro benzene ring substituents is 1. The molecule has 0 spiro atoms. The summed E-state index contributed by atoms with van der Waals surface area (Å²) in [6.07, 6.45) is 4.68. The Balaban J connectivity index is 1.89. The van der Waals surface area contributed by atoms with E-state index in [4.69, 9.17) is 4.99 Å². The molecule has 6 heteroatoms. The van der Waals surface area contributed by atoms with Gasteiger partial charge in [-0.05, 0) is 31.4 Å². The van der Waals surface area contributed by atoms with Crippen LogP contribution in [0.2, 0.25) is 0 Å². The van der Waals surface area contributed by atoms with Gasteiger partial charge in [-0.2, -0.15) is 0 Å². The zero-order valence-electron chi connectivity index (χ0n) is 15.2. The van der Waals surface area contributed by atoms with Crippen molar-refractivity contribution < 1.29 is 4.92 Å². The van der Waals surface area contributed by atoms with E-state index in [1.54, 1.807) is 23.5 Å². The van der Waals surface area contributed by atoms with E-state index < -0.39 is 0 Å². The summed E-state index contributed by atoms with van der Waals surface area (Å²) < 4.78 is 2.29. The molecule has 0 bridgehead atoms. The van der Waals surface area contributed by atoms with Gasteiger partial charge in [-0.1, -0.05) is 43.2 Å². The van der Waals surface area contributed by atoms with Crippen LogP contribution in [0.5, 0.6) is 0 Å². The molecule has 3 aromatic rings. The van der Waals surface area contributed by atoms with Gasteiger partial charge < -0.3 is 4.57 Å². The second-order valence-corrected chi connectivity index (χ2v) is 7.75. The molecule has 0 radical (unpaired) electrons. The molecule has 1 fully saturated rings. The zero-order chi connectivity index (χ0) is 18.8. The van der Waals surface area contributed by atoms with Crippen molar-refractivity contribution in [1.29, 1.82) is 0 Å². The number of para-hydroxylation sites is 1. The molecular formula is C21H21N3O2S. The summed E-state index contributed by atoms with van der Waals surface area (Å²) in [5.74, 6) is 0. The molecule has 4 rings (SSSR count). The largest absolute Gasteiger partial charge is 0.313 e. The molecule has 0 aliphatic heterocycles. The van der Waals surface area contributed by atoms with Crippen LogP contribution in [0, 0.1) is 17.0 Å². The minimum atomic E-state index is -0.339. The molecule has 1 saturated carbocycles. The van der Waals surface area contributed by atoms with Crippen LogP contribution in [0.4, 0.5) is 11.4 Å². The average Bonchev–Trinajstić information content (AvgIpc) is 3.33. The zero-order valence-corrected chi connectivity index (χ0v) is 16.0. The summed E-state index contributed by atoms with van der Waals surface area (Å²) >= 11 is 1.60. The van der Waals surface area contributed by atoms with E-state index in [1.807, 2.05) is 24.3 Å². The summed E-state index contributed by atoms with van der Waals surface area (Å²) in [7, 11) is 0. The van der Waals surface area contributed by atoms with Crippen LogP contribution in [0.15, 0.2) is 58.9 Å². The Kier molecular flexibility index (Phi) is 4.90. The first kappa shape index (κ1) is 17.7.